The van der Waals surface area contributed by atoms with E-state index in [2.05, 4.69) is 5.32 Å². The highest BCUT2D eigenvalue weighted by molar-refractivity contribution is 5.92. The van der Waals surface area contributed by atoms with Gasteiger partial charge in [-0.15, -0.1) is 12.4 Å². The molecule has 5 heteroatoms. The summed E-state index contributed by atoms with van der Waals surface area (Å²) in [6.45, 7) is 5.75. The van der Waals surface area contributed by atoms with Gasteiger partial charge in [0.2, 0.25) is 5.91 Å². The molecular formula is C12H19ClN2O2. The number of nitrogens with two attached hydrogens (primary N) is 1. The molecule has 0 aliphatic rings. The van der Waals surface area contributed by atoms with Crippen molar-refractivity contribution in [2.75, 3.05) is 17.7 Å². The van der Waals surface area contributed by atoms with Crippen LogP contribution in [0.25, 0.3) is 0 Å². The first-order valence-corrected chi connectivity index (χ1v) is 5.26. The van der Waals surface area contributed by atoms with Gasteiger partial charge in [0, 0.05) is 11.4 Å². The largest absolute Gasteiger partial charge is 0.399 e. The number of nitrogens with one attached hydrogen (secondary N) is 1. The maximum Gasteiger partial charge on any atom is 0.250 e. The van der Waals surface area contributed by atoms with Crippen LogP contribution in [0.2, 0.25) is 0 Å². The molecular weight excluding hydrogens is 240 g/mol. The molecule has 1 rings (SSSR count). The number of benzene rings is 1. The van der Waals surface area contributed by atoms with E-state index in [-0.39, 0.29) is 31.0 Å². The number of rotatable bonds is 4. The van der Waals surface area contributed by atoms with Crippen LogP contribution >= 0.6 is 12.4 Å². The Hall–Kier alpha value is -1.26. The van der Waals surface area contributed by atoms with Crippen molar-refractivity contribution in [3.05, 3.63) is 23.8 Å². The zero-order valence-corrected chi connectivity index (χ0v) is 11.1. The fourth-order valence-corrected chi connectivity index (χ4v) is 1.20. The molecule has 1 aromatic carbocycles. The SMILES string of the molecule is Cc1ccc(N)cc1NC(=O)COC(C)C.Cl. The lowest BCUT2D eigenvalue weighted by Crippen LogP contribution is -2.21. The Morgan fingerprint density at radius 2 is 2.12 bits per heavy atom. The molecule has 0 spiro atoms. The molecule has 0 aliphatic carbocycles. The van der Waals surface area contributed by atoms with Crippen LogP contribution in [0.1, 0.15) is 19.4 Å². The van der Waals surface area contributed by atoms with Crippen molar-refractivity contribution in [1.82, 2.24) is 0 Å². The molecule has 4 nitrogen and oxygen atoms in total. The molecule has 1 aromatic rings. The Labute approximate surface area is 108 Å². The molecule has 0 radical (unpaired) electrons. The fourth-order valence-electron chi connectivity index (χ4n) is 1.20. The van der Waals surface area contributed by atoms with Gasteiger partial charge in [-0.3, -0.25) is 4.79 Å². The maximum absolute atomic E-state index is 11.5. The van der Waals surface area contributed by atoms with Crippen molar-refractivity contribution in [3.8, 4) is 0 Å². The summed E-state index contributed by atoms with van der Waals surface area (Å²) in [5, 5.41) is 2.76. The molecule has 0 aromatic heterocycles. The number of amides is 1. The summed E-state index contributed by atoms with van der Waals surface area (Å²) in [5.41, 5.74) is 7.99. The van der Waals surface area contributed by atoms with Gasteiger partial charge in [-0.05, 0) is 38.5 Å². The third-order valence-electron chi connectivity index (χ3n) is 2.08. The maximum atomic E-state index is 11.5. The van der Waals surface area contributed by atoms with E-state index >= 15 is 0 Å². The van der Waals surface area contributed by atoms with Crippen molar-refractivity contribution in [2.24, 2.45) is 0 Å². The van der Waals surface area contributed by atoms with Crippen LogP contribution in [0, 0.1) is 6.92 Å². The van der Waals surface area contributed by atoms with Crippen LogP contribution in [0.5, 0.6) is 0 Å². The fraction of sp³-hybridized carbons (Fsp3) is 0.417. The highest BCUT2D eigenvalue weighted by Crippen LogP contribution is 2.17. The molecule has 0 fully saturated rings. The molecule has 0 bridgehead atoms. The van der Waals surface area contributed by atoms with E-state index in [1.807, 2.05) is 26.8 Å². The number of aryl methyl sites for hydroxylation is 1. The van der Waals surface area contributed by atoms with Gasteiger partial charge >= 0.3 is 0 Å². The summed E-state index contributed by atoms with van der Waals surface area (Å²) >= 11 is 0. The predicted molar refractivity (Wildman–Crippen MR) is 72.6 cm³/mol. The quantitative estimate of drug-likeness (QED) is 0.815. The minimum absolute atomic E-state index is 0. The lowest BCUT2D eigenvalue weighted by Gasteiger charge is -2.10. The van der Waals surface area contributed by atoms with Gasteiger partial charge in [-0.1, -0.05) is 6.07 Å². The van der Waals surface area contributed by atoms with Gasteiger partial charge in [0.15, 0.2) is 0 Å². The van der Waals surface area contributed by atoms with Crippen LogP contribution in [-0.4, -0.2) is 18.6 Å². The van der Waals surface area contributed by atoms with Crippen molar-refractivity contribution in [1.29, 1.82) is 0 Å². The topological polar surface area (TPSA) is 64.3 Å². The standard InChI is InChI=1S/C12H18N2O2.ClH/c1-8(2)16-7-12(15)14-11-6-10(13)5-4-9(11)3;/h4-6,8H,7,13H2,1-3H3,(H,14,15);1H. The van der Waals surface area contributed by atoms with E-state index in [1.54, 1.807) is 12.1 Å². The first-order valence-electron chi connectivity index (χ1n) is 5.26. The van der Waals surface area contributed by atoms with E-state index in [4.69, 9.17) is 10.5 Å². The number of anilines is 2. The summed E-state index contributed by atoms with van der Waals surface area (Å²) in [6, 6.07) is 5.41. The molecule has 1 amide bonds. The average molecular weight is 259 g/mol. The Morgan fingerprint density at radius 1 is 1.47 bits per heavy atom. The van der Waals surface area contributed by atoms with Gasteiger partial charge < -0.3 is 15.8 Å². The molecule has 0 saturated heterocycles. The summed E-state index contributed by atoms with van der Waals surface area (Å²) in [5.74, 6) is -0.164. The first-order chi connectivity index (χ1) is 7.49. The molecule has 0 atom stereocenters. The normalized spacial score (nSPS) is 9.88. The Kier molecular flexibility index (Phi) is 6.61. The second kappa shape index (κ2) is 7.14. The Bertz CT molecular complexity index is 381. The average Bonchev–Trinajstić information content (AvgIpc) is 2.20. The first kappa shape index (κ1) is 15.7. The van der Waals surface area contributed by atoms with E-state index in [1.165, 1.54) is 0 Å². The highest BCUT2D eigenvalue weighted by Gasteiger charge is 2.06. The Balaban J connectivity index is 0.00000256. The second-order valence-corrected chi connectivity index (χ2v) is 3.98. The molecule has 96 valence electrons. The van der Waals surface area contributed by atoms with Crippen molar-refractivity contribution < 1.29 is 9.53 Å². The van der Waals surface area contributed by atoms with Gasteiger partial charge in [-0.2, -0.15) is 0 Å². The van der Waals surface area contributed by atoms with Crippen LogP contribution in [0.15, 0.2) is 18.2 Å². The summed E-state index contributed by atoms with van der Waals surface area (Å²) in [4.78, 5) is 11.5. The molecule has 0 aliphatic heterocycles. The van der Waals surface area contributed by atoms with Crippen LogP contribution < -0.4 is 11.1 Å². The van der Waals surface area contributed by atoms with Crippen molar-refractivity contribution in [3.63, 3.8) is 0 Å². The van der Waals surface area contributed by atoms with Crippen LogP contribution in [0.3, 0.4) is 0 Å². The van der Waals surface area contributed by atoms with E-state index < -0.39 is 0 Å². The van der Waals surface area contributed by atoms with E-state index in [0.717, 1.165) is 11.3 Å². The third kappa shape index (κ3) is 5.56. The lowest BCUT2D eigenvalue weighted by molar-refractivity contribution is -0.121. The van der Waals surface area contributed by atoms with Crippen LogP contribution in [-0.2, 0) is 9.53 Å². The molecule has 0 unspecified atom stereocenters. The highest BCUT2D eigenvalue weighted by atomic mass is 35.5. The second-order valence-electron chi connectivity index (χ2n) is 3.98. The molecule has 3 N–H and O–H groups in total. The molecule has 0 saturated carbocycles. The smallest absolute Gasteiger partial charge is 0.250 e. The number of ether oxygens (including phenoxy) is 1. The minimum Gasteiger partial charge on any atom is -0.399 e. The third-order valence-corrected chi connectivity index (χ3v) is 2.08. The monoisotopic (exact) mass is 258 g/mol. The summed E-state index contributed by atoms with van der Waals surface area (Å²) < 4.78 is 5.20. The van der Waals surface area contributed by atoms with E-state index in [0.29, 0.717) is 5.69 Å². The summed E-state index contributed by atoms with van der Waals surface area (Å²) in [6.07, 6.45) is 0.0488. The van der Waals surface area contributed by atoms with Crippen molar-refractivity contribution >= 4 is 29.7 Å². The van der Waals surface area contributed by atoms with Crippen LogP contribution in [0.4, 0.5) is 11.4 Å². The zero-order chi connectivity index (χ0) is 12.1. The summed E-state index contributed by atoms with van der Waals surface area (Å²) in [7, 11) is 0. The van der Waals surface area contributed by atoms with Gasteiger partial charge in [0.1, 0.15) is 6.61 Å². The minimum atomic E-state index is -0.164. The number of nitrogen functional groups attached to an aromatic ring is 1. The van der Waals surface area contributed by atoms with E-state index in [9.17, 15) is 4.79 Å². The molecule has 0 heterocycles. The lowest BCUT2D eigenvalue weighted by atomic mass is 10.2. The van der Waals surface area contributed by atoms with Gasteiger partial charge in [0.05, 0.1) is 6.10 Å². The van der Waals surface area contributed by atoms with Crippen molar-refractivity contribution in [2.45, 2.75) is 26.9 Å². The number of carbonyl (C=O) groups excluding carboxylic acids is 1. The predicted octanol–water partition coefficient (Wildman–Crippen LogP) is 2.36. The van der Waals surface area contributed by atoms with Gasteiger partial charge in [-0.25, -0.2) is 0 Å². The number of hydrogen-bond donors (Lipinski definition) is 2. The number of halogens is 1. The molecule has 17 heavy (non-hydrogen) atoms. The Morgan fingerprint density at radius 3 is 2.71 bits per heavy atom. The number of carbonyl (C=O) groups is 1. The van der Waals surface area contributed by atoms with Gasteiger partial charge in [0.25, 0.3) is 0 Å². The zero-order valence-electron chi connectivity index (χ0n) is 10.3. The number of hydrogen-bond acceptors (Lipinski definition) is 3.